The maximum Gasteiger partial charge on any atom is 0.342 e. The third kappa shape index (κ3) is 5.94. The van der Waals surface area contributed by atoms with Gasteiger partial charge in [0.15, 0.2) is 11.5 Å². The second-order valence-corrected chi connectivity index (χ2v) is 6.05. The summed E-state index contributed by atoms with van der Waals surface area (Å²) < 4.78 is 11.8. The van der Waals surface area contributed by atoms with Gasteiger partial charge in [0, 0.05) is 0 Å². The van der Waals surface area contributed by atoms with Gasteiger partial charge in [-0.25, -0.2) is 15.3 Å². The molecule has 0 aliphatic rings. The van der Waals surface area contributed by atoms with Crippen molar-refractivity contribution in [2.75, 3.05) is 25.1 Å². The van der Waals surface area contributed by atoms with Crippen molar-refractivity contribution in [1.29, 1.82) is 0 Å². The number of carbonyl (C=O) groups excluding carboxylic acids is 1. The Morgan fingerprint density at radius 1 is 1.29 bits per heavy atom. The number of ether oxygens (including phenoxy) is 2. The van der Waals surface area contributed by atoms with Crippen molar-refractivity contribution in [2.45, 2.75) is 13.8 Å². The van der Waals surface area contributed by atoms with Gasteiger partial charge in [0.2, 0.25) is 5.82 Å². The van der Waals surface area contributed by atoms with E-state index in [-0.39, 0.29) is 12.4 Å². The third-order valence-electron chi connectivity index (χ3n) is 3.15. The van der Waals surface area contributed by atoms with E-state index in [1.54, 1.807) is 12.1 Å². The Morgan fingerprint density at radius 2 is 2.04 bits per heavy atom. The number of hydrogen-bond donors (Lipinski definition) is 4. The molecule has 150 valence electrons. The van der Waals surface area contributed by atoms with Crippen molar-refractivity contribution in [2.24, 2.45) is 5.10 Å². The molecule has 1 heterocycles. The predicted molar refractivity (Wildman–Crippen MR) is 106 cm³/mol. The molecular formula is C16H19BrN6O5. The molecule has 1 amide bonds. The highest BCUT2D eigenvalue weighted by Crippen LogP contribution is 2.36. The lowest BCUT2D eigenvalue weighted by molar-refractivity contribution is -0.119. The molecule has 0 radical (unpaired) electrons. The number of aromatic nitrogens is 3. The Bertz CT molecular complexity index is 971. The maximum absolute atomic E-state index is 11.8. The molecule has 0 saturated heterocycles. The normalized spacial score (nSPS) is 10.7. The molecule has 11 nitrogen and oxygen atoms in total. The molecule has 2 aromatic rings. The van der Waals surface area contributed by atoms with E-state index in [1.165, 1.54) is 6.21 Å². The molecule has 28 heavy (non-hydrogen) atoms. The lowest BCUT2D eigenvalue weighted by Crippen LogP contribution is -2.31. The number of anilines is 1. The minimum absolute atomic E-state index is 0.185. The number of rotatable bonds is 9. The lowest BCUT2D eigenvalue weighted by atomic mass is 10.2. The van der Waals surface area contributed by atoms with Gasteiger partial charge in [0.05, 0.1) is 30.4 Å². The Hall–Kier alpha value is -3.15. The Kier molecular flexibility index (Phi) is 7.75. The maximum atomic E-state index is 11.8. The van der Waals surface area contributed by atoms with Crippen molar-refractivity contribution in [1.82, 2.24) is 20.6 Å². The molecule has 12 heteroatoms. The van der Waals surface area contributed by atoms with Gasteiger partial charge in [-0.2, -0.15) is 5.10 Å². The van der Waals surface area contributed by atoms with Crippen molar-refractivity contribution in [3.63, 3.8) is 0 Å². The number of benzene rings is 1. The van der Waals surface area contributed by atoms with Gasteiger partial charge in [-0.15, -0.1) is 5.10 Å². The second-order valence-electron chi connectivity index (χ2n) is 5.20. The number of amides is 1. The summed E-state index contributed by atoms with van der Waals surface area (Å²) in [6.07, 6.45) is 1.44. The summed E-state index contributed by atoms with van der Waals surface area (Å²) >= 11 is 3.42. The highest BCUT2D eigenvalue weighted by molar-refractivity contribution is 9.10. The van der Waals surface area contributed by atoms with Crippen LogP contribution in [-0.4, -0.2) is 47.1 Å². The second kappa shape index (κ2) is 10.3. The van der Waals surface area contributed by atoms with Crippen LogP contribution in [0.5, 0.6) is 11.5 Å². The first kappa shape index (κ1) is 21.2. The van der Waals surface area contributed by atoms with E-state index >= 15 is 0 Å². The average molecular weight is 455 g/mol. The number of nitrogens with zero attached hydrogens (tertiary/aromatic N) is 2. The molecule has 4 N–H and O–H groups in total. The van der Waals surface area contributed by atoms with Gasteiger partial charge in [0.1, 0.15) is 0 Å². The van der Waals surface area contributed by atoms with E-state index in [1.807, 2.05) is 18.8 Å². The van der Waals surface area contributed by atoms with Crippen LogP contribution < -0.4 is 31.5 Å². The Morgan fingerprint density at radius 3 is 2.71 bits per heavy atom. The monoisotopic (exact) mass is 454 g/mol. The van der Waals surface area contributed by atoms with E-state index in [9.17, 15) is 14.4 Å². The summed E-state index contributed by atoms with van der Waals surface area (Å²) in [5, 5.41) is 11.9. The van der Waals surface area contributed by atoms with Gasteiger partial charge in [-0.1, -0.05) is 0 Å². The molecule has 0 fully saturated rings. The topological polar surface area (TPSA) is 151 Å². The van der Waals surface area contributed by atoms with Crippen molar-refractivity contribution < 1.29 is 14.3 Å². The standard InChI is InChI=1S/C16H19BrN6O5/c1-3-27-11-6-9(5-10(17)13(11)28-4-2)7-19-21-12(24)8-18-14-15(25)20-16(26)23-22-14/h5-7H,3-4,8H2,1-2H3,(H,18,22)(H,21,24)(H2,20,23,25,26)/b19-7+. The summed E-state index contributed by atoms with van der Waals surface area (Å²) in [5.74, 6) is 0.444. The zero-order valence-corrected chi connectivity index (χ0v) is 16.8. The zero-order chi connectivity index (χ0) is 20.5. The minimum atomic E-state index is -0.738. The molecule has 0 spiro atoms. The molecule has 0 unspecified atom stereocenters. The number of H-pyrrole nitrogens is 2. The Labute approximate surface area is 167 Å². The van der Waals surface area contributed by atoms with Crippen LogP contribution in [0.1, 0.15) is 19.4 Å². The number of nitrogens with one attached hydrogen (secondary N) is 4. The molecule has 0 aliphatic carbocycles. The number of aromatic amines is 2. The summed E-state index contributed by atoms with van der Waals surface area (Å²) in [4.78, 5) is 36.1. The number of hydrazone groups is 1. The molecule has 0 atom stereocenters. The summed E-state index contributed by atoms with van der Waals surface area (Å²) in [6.45, 7) is 4.42. The van der Waals surface area contributed by atoms with Crippen LogP contribution in [0.3, 0.4) is 0 Å². The first-order valence-electron chi connectivity index (χ1n) is 8.28. The quantitative estimate of drug-likeness (QED) is 0.319. The van der Waals surface area contributed by atoms with Crippen molar-refractivity contribution >= 4 is 33.9 Å². The first-order chi connectivity index (χ1) is 13.4. The van der Waals surface area contributed by atoms with Crippen LogP contribution in [-0.2, 0) is 4.79 Å². The lowest BCUT2D eigenvalue weighted by Gasteiger charge is -2.13. The van der Waals surface area contributed by atoms with Gasteiger partial charge in [-0.3, -0.25) is 14.6 Å². The number of halogens is 1. The van der Waals surface area contributed by atoms with Crippen LogP contribution in [0.25, 0.3) is 0 Å². The van der Waals surface area contributed by atoms with Crippen LogP contribution in [0.15, 0.2) is 31.3 Å². The molecule has 1 aromatic carbocycles. The van der Waals surface area contributed by atoms with E-state index < -0.39 is 17.2 Å². The van der Waals surface area contributed by atoms with Crippen molar-refractivity contribution in [3.05, 3.63) is 43.0 Å². The van der Waals surface area contributed by atoms with E-state index in [2.05, 4.69) is 42.0 Å². The summed E-state index contributed by atoms with van der Waals surface area (Å²) in [6, 6.07) is 3.50. The Balaban J connectivity index is 1.98. The van der Waals surface area contributed by atoms with E-state index in [0.717, 1.165) is 0 Å². The minimum Gasteiger partial charge on any atom is -0.490 e. The molecule has 0 saturated carbocycles. The number of hydrogen-bond acceptors (Lipinski definition) is 8. The van der Waals surface area contributed by atoms with E-state index in [4.69, 9.17) is 9.47 Å². The average Bonchev–Trinajstić information content (AvgIpc) is 2.64. The van der Waals surface area contributed by atoms with Crippen molar-refractivity contribution in [3.8, 4) is 11.5 Å². The van der Waals surface area contributed by atoms with Gasteiger partial charge in [0.25, 0.3) is 11.5 Å². The van der Waals surface area contributed by atoms with Gasteiger partial charge in [-0.05, 0) is 47.5 Å². The van der Waals surface area contributed by atoms with Gasteiger partial charge >= 0.3 is 5.69 Å². The first-order valence-corrected chi connectivity index (χ1v) is 9.07. The van der Waals surface area contributed by atoms with Crippen LogP contribution in [0.4, 0.5) is 5.82 Å². The number of carbonyl (C=O) groups is 1. The predicted octanol–water partition coefficient (Wildman–Crippen LogP) is 0.580. The SMILES string of the molecule is CCOc1cc(/C=N/NC(=O)CNc2n[nH]c(=O)[nH]c2=O)cc(Br)c1OCC. The fourth-order valence-corrected chi connectivity index (χ4v) is 2.63. The third-order valence-corrected chi connectivity index (χ3v) is 3.74. The molecule has 2 rings (SSSR count). The molecular weight excluding hydrogens is 436 g/mol. The van der Waals surface area contributed by atoms with E-state index in [0.29, 0.717) is 34.7 Å². The molecule has 0 aliphatic heterocycles. The summed E-state index contributed by atoms with van der Waals surface area (Å²) in [7, 11) is 0. The molecule has 1 aromatic heterocycles. The van der Waals surface area contributed by atoms with Crippen LogP contribution in [0.2, 0.25) is 0 Å². The van der Waals surface area contributed by atoms with Gasteiger partial charge < -0.3 is 14.8 Å². The fourth-order valence-electron chi connectivity index (χ4n) is 2.06. The van der Waals surface area contributed by atoms with Crippen LogP contribution in [0, 0.1) is 0 Å². The highest BCUT2D eigenvalue weighted by Gasteiger charge is 2.11. The largest absolute Gasteiger partial charge is 0.490 e. The molecule has 0 bridgehead atoms. The highest BCUT2D eigenvalue weighted by atomic mass is 79.9. The zero-order valence-electron chi connectivity index (χ0n) is 15.2. The summed E-state index contributed by atoms with van der Waals surface area (Å²) in [5.41, 5.74) is 1.51. The fraction of sp³-hybridized carbons (Fsp3) is 0.312. The smallest absolute Gasteiger partial charge is 0.342 e. The van der Waals surface area contributed by atoms with Crippen LogP contribution >= 0.6 is 15.9 Å².